The van der Waals surface area contributed by atoms with Gasteiger partial charge in [0.15, 0.2) is 0 Å². The molecule has 2 fully saturated rings. The molecule has 3 aromatic rings. The summed E-state index contributed by atoms with van der Waals surface area (Å²) in [6.07, 6.45) is 9.69. The molecule has 5 rings (SSSR count). The van der Waals surface area contributed by atoms with Gasteiger partial charge in [0.25, 0.3) is 5.91 Å². The molecule has 0 unspecified atom stereocenters. The van der Waals surface area contributed by atoms with Crippen LogP contribution >= 0.6 is 24.0 Å². The minimum Gasteiger partial charge on any atom is -0.293 e. The van der Waals surface area contributed by atoms with E-state index in [2.05, 4.69) is 13.8 Å². The van der Waals surface area contributed by atoms with Gasteiger partial charge in [0, 0.05) is 37.0 Å². The van der Waals surface area contributed by atoms with Crippen LogP contribution in [-0.2, 0) is 14.8 Å². The first-order valence-corrected chi connectivity index (χ1v) is 17.0. The fourth-order valence-electron chi connectivity index (χ4n) is 5.14. The number of rotatable bonds is 10. The SMILES string of the molecule is CCCCCCN1C(=O)C(=Cc2cn(-c3ccccc3)nc2-c2cccc(S(=O)(=O)N3CCC(C)CC3)c2)SC1=S. The highest BCUT2D eigenvalue weighted by Crippen LogP contribution is 2.36. The molecule has 0 bridgehead atoms. The van der Waals surface area contributed by atoms with Crippen LogP contribution in [0.5, 0.6) is 0 Å². The second-order valence-electron chi connectivity index (χ2n) is 10.7. The second-order valence-corrected chi connectivity index (χ2v) is 14.3. The van der Waals surface area contributed by atoms with Crippen LogP contribution in [0.1, 0.15) is 57.9 Å². The number of thiocarbonyl (C=S) groups is 1. The van der Waals surface area contributed by atoms with E-state index in [0.717, 1.165) is 49.8 Å². The number of aromatic nitrogens is 2. The molecule has 1 aromatic heterocycles. The van der Waals surface area contributed by atoms with E-state index in [-0.39, 0.29) is 10.8 Å². The van der Waals surface area contributed by atoms with Crippen molar-refractivity contribution in [1.29, 1.82) is 0 Å². The Morgan fingerprint density at radius 3 is 2.54 bits per heavy atom. The average Bonchev–Trinajstić information content (AvgIpc) is 3.52. The summed E-state index contributed by atoms with van der Waals surface area (Å²) in [4.78, 5) is 15.8. The predicted molar refractivity (Wildman–Crippen MR) is 170 cm³/mol. The van der Waals surface area contributed by atoms with Crippen LogP contribution in [0.15, 0.2) is 70.6 Å². The third kappa shape index (κ3) is 6.66. The van der Waals surface area contributed by atoms with E-state index in [4.69, 9.17) is 17.3 Å². The Morgan fingerprint density at radius 2 is 1.80 bits per heavy atom. The number of benzene rings is 2. The van der Waals surface area contributed by atoms with E-state index >= 15 is 0 Å². The lowest BCUT2D eigenvalue weighted by atomic mass is 10.0. The molecule has 2 aliphatic rings. The Kier molecular flexibility index (Phi) is 9.43. The van der Waals surface area contributed by atoms with Crippen molar-refractivity contribution in [3.8, 4) is 16.9 Å². The van der Waals surface area contributed by atoms with Crippen LogP contribution in [-0.4, -0.2) is 57.3 Å². The zero-order valence-corrected chi connectivity index (χ0v) is 26.0. The van der Waals surface area contributed by atoms with E-state index in [1.807, 2.05) is 48.7 Å². The van der Waals surface area contributed by atoms with E-state index in [1.165, 1.54) is 11.8 Å². The van der Waals surface area contributed by atoms with Crippen LogP contribution in [0, 0.1) is 5.92 Å². The number of carbonyl (C=O) groups is 1. The van der Waals surface area contributed by atoms with Gasteiger partial charge in [-0.2, -0.15) is 9.40 Å². The number of piperidine rings is 1. The zero-order valence-electron chi connectivity index (χ0n) is 23.5. The third-order valence-electron chi connectivity index (χ3n) is 7.65. The quantitative estimate of drug-likeness (QED) is 0.144. The number of carbonyl (C=O) groups excluding carboxylic acids is 1. The molecule has 3 heterocycles. The van der Waals surface area contributed by atoms with Crippen molar-refractivity contribution >= 4 is 50.3 Å². The van der Waals surface area contributed by atoms with Crippen molar-refractivity contribution < 1.29 is 13.2 Å². The molecule has 0 saturated carbocycles. The van der Waals surface area contributed by atoms with Gasteiger partial charge in [0.05, 0.1) is 15.5 Å². The van der Waals surface area contributed by atoms with Gasteiger partial charge in [-0.3, -0.25) is 9.69 Å². The second kappa shape index (κ2) is 13.0. The lowest BCUT2D eigenvalue weighted by Crippen LogP contribution is -2.37. The topological polar surface area (TPSA) is 75.5 Å². The van der Waals surface area contributed by atoms with E-state index in [9.17, 15) is 13.2 Å². The lowest BCUT2D eigenvalue weighted by Gasteiger charge is -2.29. The highest BCUT2D eigenvalue weighted by molar-refractivity contribution is 8.26. The highest BCUT2D eigenvalue weighted by Gasteiger charge is 2.32. The summed E-state index contributed by atoms with van der Waals surface area (Å²) in [6, 6.07) is 16.7. The standard InChI is InChI=1S/C31H36N4O3S3/c1-3-4-5-9-17-34-30(36)28(40-31(34)39)21-25-22-35(26-12-7-6-8-13-26)32-29(25)24-11-10-14-27(20-24)41(37,38)33-18-15-23(2)16-19-33/h6-8,10-14,20-23H,3-5,9,15-19H2,1-2H3. The molecule has 7 nitrogen and oxygen atoms in total. The smallest absolute Gasteiger partial charge is 0.266 e. The van der Waals surface area contributed by atoms with Gasteiger partial charge in [0.1, 0.15) is 10.0 Å². The maximum absolute atomic E-state index is 13.5. The van der Waals surface area contributed by atoms with Gasteiger partial charge in [-0.25, -0.2) is 13.1 Å². The number of nitrogens with zero attached hydrogens (tertiary/aromatic N) is 4. The molecule has 0 spiro atoms. The Hall–Kier alpha value is -2.79. The van der Waals surface area contributed by atoms with Crippen molar-refractivity contribution in [2.75, 3.05) is 19.6 Å². The number of hydrogen-bond donors (Lipinski definition) is 0. The number of thioether (sulfide) groups is 1. The van der Waals surface area contributed by atoms with Crippen molar-refractivity contribution in [2.24, 2.45) is 5.92 Å². The van der Waals surface area contributed by atoms with Crippen molar-refractivity contribution in [3.05, 3.63) is 71.3 Å². The minimum atomic E-state index is -3.63. The van der Waals surface area contributed by atoms with E-state index < -0.39 is 10.0 Å². The highest BCUT2D eigenvalue weighted by atomic mass is 32.2. The molecule has 41 heavy (non-hydrogen) atoms. The molecule has 216 valence electrons. The first kappa shape index (κ1) is 29.7. The predicted octanol–water partition coefficient (Wildman–Crippen LogP) is 6.74. The number of para-hydroxylation sites is 1. The molecule has 2 aromatic carbocycles. The van der Waals surface area contributed by atoms with Gasteiger partial charge in [-0.15, -0.1) is 0 Å². The Labute approximate surface area is 252 Å². The largest absolute Gasteiger partial charge is 0.293 e. The summed E-state index contributed by atoms with van der Waals surface area (Å²) < 4.78 is 31.0. The molecule has 1 amide bonds. The maximum atomic E-state index is 13.5. The molecule has 10 heteroatoms. The zero-order chi connectivity index (χ0) is 29.0. The number of sulfonamides is 1. The van der Waals surface area contributed by atoms with E-state index in [1.54, 1.807) is 32.1 Å². The Balaban J connectivity index is 1.50. The number of unbranched alkanes of at least 4 members (excludes halogenated alkanes) is 3. The fourth-order valence-corrected chi connectivity index (χ4v) is 7.95. The third-order valence-corrected chi connectivity index (χ3v) is 10.9. The van der Waals surface area contributed by atoms with Gasteiger partial charge in [-0.1, -0.05) is 87.4 Å². The summed E-state index contributed by atoms with van der Waals surface area (Å²) in [5, 5.41) is 4.87. The first-order chi connectivity index (χ1) is 19.8. The average molecular weight is 609 g/mol. The molecular formula is C31H36N4O3S3. The minimum absolute atomic E-state index is 0.0921. The molecule has 0 N–H and O–H groups in total. The summed E-state index contributed by atoms with van der Waals surface area (Å²) in [5.41, 5.74) is 2.86. The van der Waals surface area contributed by atoms with Crippen LogP contribution in [0.25, 0.3) is 23.0 Å². The molecular weight excluding hydrogens is 573 g/mol. The van der Waals surface area contributed by atoms with Gasteiger partial charge in [-0.05, 0) is 55.5 Å². The maximum Gasteiger partial charge on any atom is 0.266 e. The normalized spacial score (nSPS) is 18.1. The molecule has 0 atom stereocenters. The molecule has 0 aliphatic carbocycles. The van der Waals surface area contributed by atoms with Crippen molar-refractivity contribution in [3.63, 3.8) is 0 Å². The summed E-state index contributed by atoms with van der Waals surface area (Å²) >= 11 is 6.86. The van der Waals surface area contributed by atoms with Crippen LogP contribution < -0.4 is 0 Å². The van der Waals surface area contributed by atoms with E-state index in [0.29, 0.717) is 46.0 Å². The molecule has 2 saturated heterocycles. The van der Waals surface area contributed by atoms with Crippen LogP contribution in [0.4, 0.5) is 0 Å². The Bertz CT molecular complexity index is 1540. The van der Waals surface area contributed by atoms with Crippen molar-refractivity contribution in [2.45, 2.75) is 57.3 Å². The lowest BCUT2D eigenvalue weighted by molar-refractivity contribution is -0.122. The Morgan fingerprint density at radius 1 is 1.05 bits per heavy atom. The number of hydrogen-bond acceptors (Lipinski definition) is 6. The number of amides is 1. The summed E-state index contributed by atoms with van der Waals surface area (Å²) in [7, 11) is -3.63. The van der Waals surface area contributed by atoms with Crippen LogP contribution in [0.3, 0.4) is 0 Å². The van der Waals surface area contributed by atoms with Gasteiger partial charge < -0.3 is 0 Å². The van der Waals surface area contributed by atoms with Crippen molar-refractivity contribution in [1.82, 2.24) is 19.0 Å². The van der Waals surface area contributed by atoms with Gasteiger partial charge in [0.2, 0.25) is 10.0 Å². The summed E-state index contributed by atoms with van der Waals surface area (Å²) in [6.45, 7) is 6.00. The fraction of sp³-hybridized carbons (Fsp3) is 0.387. The summed E-state index contributed by atoms with van der Waals surface area (Å²) in [5.74, 6) is 0.437. The van der Waals surface area contributed by atoms with Crippen LogP contribution in [0.2, 0.25) is 0 Å². The van der Waals surface area contributed by atoms with Gasteiger partial charge >= 0.3 is 0 Å². The first-order valence-electron chi connectivity index (χ1n) is 14.3. The molecule has 0 radical (unpaired) electrons. The monoisotopic (exact) mass is 608 g/mol. The molecule has 2 aliphatic heterocycles.